The Morgan fingerprint density at radius 1 is 1.29 bits per heavy atom. The van der Waals surface area contributed by atoms with Crippen molar-refractivity contribution in [3.63, 3.8) is 0 Å². The van der Waals surface area contributed by atoms with Crippen LogP contribution in [0, 0.1) is 0 Å². The zero-order valence-electron chi connectivity index (χ0n) is 8.81. The third kappa shape index (κ3) is 3.13. The van der Waals surface area contributed by atoms with Crippen molar-refractivity contribution in [1.82, 2.24) is 0 Å². The summed E-state index contributed by atoms with van der Waals surface area (Å²) in [6.45, 7) is 4.13. The Morgan fingerprint density at radius 2 is 1.93 bits per heavy atom. The van der Waals surface area contributed by atoms with Gasteiger partial charge < -0.3 is 9.84 Å². The molecule has 0 saturated heterocycles. The fourth-order valence-corrected chi connectivity index (χ4v) is 1.27. The molecule has 78 valence electrons. The van der Waals surface area contributed by atoms with E-state index in [0.717, 1.165) is 12.0 Å². The Bertz CT molecular complexity index is 246. The maximum atomic E-state index is 9.20. The summed E-state index contributed by atoms with van der Waals surface area (Å²) in [4.78, 5) is 0. The molecule has 1 unspecified atom stereocenters. The molecule has 1 aromatic carbocycles. The fourth-order valence-electron chi connectivity index (χ4n) is 1.27. The first-order valence-electron chi connectivity index (χ1n) is 5.09. The van der Waals surface area contributed by atoms with Gasteiger partial charge in [-0.3, -0.25) is 0 Å². The SMILES string of the molecule is CCC(C)O[C@@H](CO)c1ccccc1. The highest BCUT2D eigenvalue weighted by Gasteiger charge is 2.12. The zero-order chi connectivity index (χ0) is 10.4. The van der Waals surface area contributed by atoms with Crippen molar-refractivity contribution >= 4 is 0 Å². The summed E-state index contributed by atoms with van der Waals surface area (Å²) in [6.07, 6.45) is 0.960. The quantitative estimate of drug-likeness (QED) is 0.780. The average Bonchev–Trinajstić information content (AvgIpc) is 2.26. The van der Waals surface area contributed by atoms with Gasteiger partial charge >= 0.3 is 0 Å². The molecule has 0 heterocycles. The molecule has 2 atom stereocenters. The minimum Gasteiger partial charge on any atom is -0.393 e. The highest BCUT2D eigenvalue weighted by molar-refractivity contribution is 5.17. The largest absolute Gasteiger partial charge is 0.393 e. The summed E-state index contributed by atoms with van der Waals surface area (Å²) in [7, 11) is 0. The molecular weight excluding hydrogens is 176 g/mol. The van der Waals surface area contributed by atoms with Gasteiger partial charge in [0.1, 0.15) is 6.10 Å². The minimum atomic E-state index is -0.189. The van der Waals surface area contributed by atoms with Crippen molar-refractivity contribution in [2.75, 3.05) is 6.61 Å². The summed E-state index contributed by atoms with van der Waals surface area (Å²) < 4.78 is 5.68. The molecule has 2 heteroatoms. The van der Waals surface area contributed by atoms with Crippen LogP contribution in [0.2, 0.25) is 0 Å². The number of hydrogen-bond acceptors (Lipinski definition) is 2. The molecule has 0 radical (unpaired) electrons. The van der Waals surface area contributed by atoms with Gasteiger partial charge in [0.2, 0.25) is 0 Å². The first-order valence-corrected chi connectivity index (χ1v) is 5.09. The Morgan fingerprint density at radius 3 is 2.43 bits per heavy atom. The second-order valence-electron chi connectivity index (χ2n) is 3.44. The molecule has 1 aromatic rings. The maximum absolute atomic E-state index is 9.20. The van der Waals surface area contributed by atoms with Crippen LogP contribution in [0.4, 0.5) is 0 Å². The van der Waals surface area contributed by atoms with Crippen LogP contribution in [-0.4, -0.2) is 17.8 Å². The summed E-state index contributed by atoms with van der Waals surface area (Å²) in [5.74, 6) is 0. The van der Waals surface area contributed by atoms with E-state index in [-0.39, 0.29) is 18.8 Å². The van der Waals surface area contributed by atoms with Crippen molar-refractivity contribution < 1.29 is 9.84 Å². The van der Waals surface area contributed by atoms with Crippen molar-refractivity contribution in [2.45, 2.75) is 32.5 Å². The Balaban J connectivity index is 2.63. The highest BCUT2D eigenvalue weighted by Crippen LogP contribution is 2.18. The van der Waals surface area contributed by atoms with Gasteiger partial charge in [0.05, 0.1) is 12.7 Å². The van der Waals surface area contributed by atoms with Crippen LogP contribution in [0.5, 0.6) is 0 Å². The van der Waals surface area contributed by atoms with Crippen LogP contribution in [0.1, 0.15) is 31.9 Å². The monoisotopic (exact) mass is 194 g/mol. The van der Waals surface area contributed by atoms with Gasteiger partial charge in [-0.2, -0.15) is 0 Å². The fraction of sp³-hybridized carbons (Fsp3) is 0.500. The first-order chi connectivity index (χ1) is 6.77. The second-order valence-corrected chi connectivity index (χ2v) is 3.44. The van der Waals surface area contributed by atoms with E-state index in [1.807, 2.05) is 37.3 Å². The maximum Gasteiger partial charge on any atom is 0.106 e. The van der Waals surface area contributed by atoms with Crippen molar-refractivity contribution in [2.24, 2.45) is 0 Å². The van der Waals surface area contributed by atoms with Gasteiger partial charge in [-0.05, 0) is 18.9 Å². The molecule has 2 nitrogen and oxygen atoms in total. The normalized spacial score (nSPS) is 15.1. The van der Waals surface area contributed by atoms with Crippen molar-refractivity contribution in [3.05, 3.63) is 35.9 Å². The van der Waals surface area contributed by atoms with E-state index < -0.39 is 0 Å². The summed E-state index contributed by atoms with van der Waals surface area (Å²) in [5.41, 5.74) is 1.04. The van der Waals surface area contributed by atoms with Gasteiger partial charge in [-0.15, -0.1) is 0 Å². The Kier molecular flexibility index (Phi) is 4.63. The molecule has 0 aliphatic rings. The van der Waals surface area contributed by atoms with Crippen LogP contribution >= 0.6 is 0 Å². The highest BCUT2D eigenvalue weighted by atomic mass is 16.5. The van der Waals surface area contributed by atoms with E-state index in [1.165, 1.54) is 0 Å². The van der Waals surface area contributed by atoms with Gasteiger partial charge in [-0.25, -0.2) is 0 Å². The van der Waals surface area contributed by atoms with Crippen molar-refractivity contribution in [3.8, 4) is 0 Å². The number of benzene rings is 1. The average molecular weight is 194 g/mol. The second kappa shape index (κ2) is 5.78. The van der Waals surface area contributed by atoms with E-state index in [2.05, 4.69) is 6.92 Å². The third-order valence-corrected chi connectivity index (χ3v) is 2.31. The molecule has 14 heavy (non-hydrogen) atoms. The van der Waals surface area contributed by atoms with Crippen LogP contribution in [-0.2, 0) is 4.74 Å². The Hall–Kier alpha value is -0.860. The Labute approximate surface area is 85.5 Å². The minimum absolute atomic E-state index is 0.0361. The molecule has 0 aromatic heterocycles. The lowest BCUT2D eigenvalue weighted by atomic mass is 10.1. The van der Waals surface area contributed by atoms with E-state index in [1.54, 1.807) is 0 Å². The topological polar surface area (TPSA) is 29.5 Å². The van der Waals surface area contributed by atoms with E-state index in [9.17, 15) is 5.11 Å². The first kappa shape index (κ1) is 11.2. The number of hydrogen-bond donors (Lipinski definition) is 1. The summed E-state index contributed by atoms with van der Waals surface area (Å²) in [6, 6.07) is 9.82. The molecule has 1 N–H and O–H groups in total. The smallest absolute Gasteiger partial charge is 0.106 e. The van der Waals surface area contributed by atoms with Crippen molar-refractivity contribution in [1.29, 1.82) is 0 Å². The third-order valence-electron chi connectivity index (χ3n) is 2.31. The number of aliphatic hydroxyl groups excluding tert-OH is 1. The standard InChI is InChI=1S/C12H18O2/c1-3-10(2)14-12(9-13)11-7-5-4-6-8-11/h4-8,10,12-13H,3,9H2,1-2H3/t10?,12-/m0/s1. The molecule has 0 fully saturated rings. The molecule has 1 rings (SSSR count). The lowest BCUT2D eigenvalue weighted by Crippen LogP contribution is -2.15. The van der Waals surface area contributed by atoms with Crippen LogP contribution in [0.25, 0.3) is 0 Å². The lowest BCUT2D eigenvalue weighted by Gasteiger charge is -2.20. The van der Waals surface area contributed by atoms with E-state index >= 15 is 0 Å². The predicted octanol–water partition coefficient (Wildman–Crippen LogP) is 2.54. The van der Waals surface area contributed by atoms with Crippen LogP contribution in [0.15, 0.2) is 30.3 Å². The molecule has 0 amide bonds. The predicted molar refractivity (Wildman–Crippen MR) is 57.1 cm³/mol. The number of rotatable bonds is 5. The van der Waals surface area contributed by atoms with Gasteiger partial charge in [0.25, 0.3) is 0 Å². The van der Waals surface area contributed by atoms with Crippen LogP contribution in [0.3, 0.4) is 0 Å². The molecular formula is C12H18O2. The summed E-state index contributed by atoms with van der Waals surface area (Å²) >= 11 is 0. The molecule has 0 saturated carbocycles. The van der Waals surface area contributed by atoms with E-state index in [0.29, 0.717) is 0 Å². The lowest BCUT2D eigenvalue weighted by molar-refractivity contribution is -0.0340. The van der Waals surface area contributed by atoms with Crippen LogP contribution < -0.4 is 0 Å². The molecule has 0 aliphatic carbocycles. The van der Waals surface area contributed by atoms with Gasteiger partial charge in [-0.1, -0.05) is 37.3 Å². The number of aliphatic hydroxyl groups is 1. The molecule has 0 spiro atoms. The van der Waals surface area contributed by atoms with Gasteiger partial charge in [0, 0.05) is 0 Å². The van der Waals surface area contributed by atoms with Gasteiger partial charge in [0.15, 0.2) is 0 Å². The number of ether oxygens (including phenoxy) is 1. The van der Waals surface area contributed by atoms with E-state index in [4.69, 9.17) is 4.74 Å². The summed E-state index contributed by atoms with van der Waals surface area (Å²) in [5, 5.41) is 9.20. The molecule has 0 bridgehead atoms. The molecule has 0 aliphatic heterocycles. The zero-order valence-corrected chi connectivity index (χ0v) is 8.81.